The van der Waals surface area contributed by atoms with Gasteiger partial charge in [0.1, 0.15) is 12.6 Å². The first-order valence-electron chi connectivity index (χ1n) is 9.16. The second-order valence-corrected chi connectivity index (χ2v) is 6.36. The molecule has 0 bridgehead atoms. The maximum atomic E-state index is 13.8. The van der Waals surface area contributed by atoms with Gasteiger partial charge in [-0.15, -0.1) is 0 Å². The van der Waals surface area contributed by atoms with E-state index in [-0.39, 0.29) is 19.6 Å². The van der Waals surface area contributed by atoms with Crippen LogP contribution in [0.3, 0.4) is 0 Å². The number of carbonyl (C=O) groups excluding carboxylic acids is 2. The fourth-order valence-electron chi connectivity index (χ4n) is 2.49. The number of nitrogens with one attached hydrogen (secondary N) is 1. The third-order valence-corrected chi connectivity index (χ3v) is 4.11. The molecule has 0 aliphatic carbocycles. The molecule has 0 heterocycles. The Labute approximate surface area is 174 Å². The minimum atomic E-state index is -2.39. The monoisotopic (exact) mass is 446 g/mol. The van der Waals surface area contributed by atoms with Crippen LogP contribution in [0.25, 0.3) is 0 Å². The SMILES string of the molecule is NCCCC[C@H](NC(=O)OCc1ccccc1)C(=O)Oc1c(F)c(F)c(F)c(F)c1F. The van der Waals surface area contributed by atoms with Gasteiger partial charge >= 0.3 is 12.1 Å². The van der Waals surface area contributed by atoms with Crippen LogP contribution in [0.15, 0.2) is 30.3 Å². The zero-order valence-corrected chi connectivity index (χ0v) is 16.1. The summed E-state index contributed by atoms with van der Waals surface area (Å²) in [6.07, 6.45) is -0.387. The van der Waals surface area contributed by atoms with Crippen molar-refractivity contribution in [1.82, 2.24) is 5.32 Å². The molecule has 0 aliphatic rings. The van der Waals surface area contributed by atoms with E-state index in [0.29, 0.717) is 18.4 Å². The molecule has 3 N–H and O–H groups in total. The number of rotatable bonds is 9. The smallest absolute Gasteiger partial charge is 0.408 e. The molecule has 0 saturated heterocycles. The van der Waals surface area contributed by atoms with Crippen LogP contribution in [-0.4, -0.2) is 24.6 Å². The lowest BCUT2D eigenvalue weighted by Crippen LogP contribution is -2.43. The van der Waals surface area contributed by atoms with Crippen LogP contribution in [0, 0.1) is 29.1 Å². The van der Waals surface area contributed by atoms with Gasteiger partial charge in [0.2, 0.25) is 34.8 Å². The average molecular weight is 446 g/mol. The summed E-state index contributed by atoms with van der Waals surface area (Å²) in [4.78, 5) is 24.4. The molecule has 2 aromatic carbocycles. The van der Waals surface area contributed by atoms with E-state index in [1.807, 2.05) is 0 Å². The minimum absolute atomic E-state index is 0.0775. The van der Waals surface area contributed by atoms with Crippen LogP contribution in [0.2, 0.25) is 0 Å². The lowest BCUT2D eigenvalue weighted by molar-refractivity contribution is -0.137. The molecule has 0 spiro atoms. The Morgan fingerprint density at radius 3 is 2.06 bits per heavy atom. The van der Waals surface area contributed by atoms with E-state index in [4.69, 9.17) is 10.5 Å². The number of nitrogens with two attached hydrogens (primary N) is 1. The summed E-state index contributed by atoms with van der Waals surface area (Å²) < 4.78 is 76.7. The second kappa shape index (κ2) is 11.3. The largest absolute Gasteiger partial charge is 0.445 e. The maximum Gasteiger partial charge on any atom is 0.408 e. The normalized spacial score (nSPS) is 11.7. The summed E-state index contributed by atoms with van der Waals surface area (Å²) >= 11 is 0. The molecular formula is C20H19F5N2O4. The quantitative estimate of drug-likeness (QED) is 0.153. The highest BCUT2D eigenvalue weighted by atomic mass is 19.2. The topological polar surface area (TPSA) is 90.6 Å². The fourth-order valence-corrected chi connectivity index (χ4v) is 2.49. The van der Waals surface area contributed by atoms with Gasteiger partial charge in [-0.2, -0.15) is 8.78 Å². The highest BCUT2D eigenvalue weighted by Gasteiger charge is 2.31. The molecule has 168 valence electrons. The van der Waals surface area contributed by atoms with Crippen molar-refractivity contribution in [3.8, 4) is 5.75 Å². The Morgan fingerprint density at radius 2 is 1.48 bits per heavy atom. The lowest BCUT2D eigenvalue weighted by Gasteiger charge is -2.18. The molecule has 0 radical (unpaired) electrons. The Bertz CT molecular complexity index is 899. The Balaban J connectivity index is 2.12. The number of carbonyl (C=O) groups is 2. The van der Waals surface area contributed by atoms with E-state index >= 15 is 0 Å². The van der Waals surface area contributed by atoms with Crippen molar-refractivity contribution in [3.63, 3.8) is 0 Å². The van der Waals surface area contributed by atoms with Gasteiger partial charge in [-0.25, -0.2) is 22.8 Å². The number of hydrogen-bond acceptors (Lipinski definition) is 5. The molecule has 0 aromatic heterocycles. The standard InChI is InChI=1S/C20H19F5N2O4/c21-13-14(22)16(24)18(17(25)15(13)23)31-19(28)12(8-4-5-9-26)27-20(29)30-10-11-6-2-1-3-7-11/h1-3,6-7,12H,4-5,8-10,26H2,(H,27,29)/t12-/m0/s1. The van der Waals surface area contributed by atoms with E-state index < -0.39 is 52.9 Å². The van der Waals surface area contributed by atoms with Crippen LogP contribution in [-0.2, 0) is 16.1 Å². The first kappa shape index (κ1) is 24.1. The first-order valence-corrected chi connectivity index (χ1v) is 9.16. The van der Waals surface area contributed by atoms with Gasteiger partial charge in [-0.05, 0) is 31.4 Å². The van der Waals surface area contributed by atoms with E-state index in [0.717, 1.165) is 0 Å². The number of benzene rings is 2. The number of halogens is 5. The zero-order chi connectivity index (χ0) is 23.0. The Hall–Kier alpha value is -3.21. The Morgan fingerprint density at radius 1 is 0.903 bits per heavy atom. The molecule has 2 rings (SSSR count). The summed E-state index contributed by atoms with van der Waals surface area (Å²) in [7, 11) is 0. The molecule has 0 fully saturated rings. The van der Waals surface area contributed by atoms with Gasteiger partial charge in [0.25, 0.3) is 0 Å². The molecule has 2 aromatic rings. The molecule has 1 atom stereocenters. The molecule has 0 saturated carbocycles. The molecule has 1 amide bonds. The van der Waals surface area contributed by atoms with Gasteiger partial charge in [-0.3, -0.25) is 0 Å². The third kappa shape index (κ3) is 6.38. The van der Waals surface area contributed by atoms with E-state index in [1.165, 1.54) is 0 Å². The zero-order valence-electron chi connectivity index (χ0n) is 16.1. The Kier molecular flexibility index (Phi) is 8.74. The van der Waals surface area contributed by atoms with Crippen molar-refractivity contribution in [2.45, 2.75) is 31.9 Å². The average Bonchev–Trinajstić information content (AvgIpc) is 2.78. The molecule has 31 heavy (non-hydrogen) atoms. The van der Waals surface area contributed by atoms with Gasteiger partial charge in [0, 0.05) is 0 Å². The van der Waals surface area contributed by atoms with E-state index in [2.05, 4.69) is 10.1 Å². The minimum Gasteiger partial charge on any atom is -0.445 e. The van der Waals surface area contributed by atoms with Crippen molar-refractivity contribution in [1.29, 1.82) is 0 Å². The predicted octanol–water partition coefficient (Wildman–Crippen LogP) is 3.71. The lowest BCUT2D eigenvalue weighted by atomic mass is 10.1. The summed E-state index contributed by atoms with van der Waals surface area (Å²) in [5.41, 5.74) is 6.02. The number of ether oxygens (including phenoxy) is 2. The molecule has 0 aliphatic heterocycles. The predicted molar refractivity (Wildman–Crippen MR) is 98.3 cm³/mol. The number of hydrogen-bond donors (Lipinski definition) is 2. The van der Waals surface area contributed by atoms with Gasteiger partial charge in [0.05, 0.1) is 0 Å². The second-order valence-electron chi connectivity index (χ2n) is 6.36. The van der Waals surface area contributed by atoms with Crippen molar-refractivity contribution < 1.29 is 41.0 Å². The van der Waals surface area contributed by atoms with E-state index in [9.17, 15) is 31.5 Å². The van der Waals surface area contributed by atoms with Crippen molar-refractivity contribution in [2.24, 2.45) is 5.73 Å². The van der Waals surface area contributed by atoms with Gasteiger partial charge < -0.3 is 20.5 Å². The van der Waals surface area contributed by atoms with Crippen LogP contribution in [0.5, 0.6) is 5.75 Å². The third-order valence-electron chi connectivity index (χ3n) is 4.11. The number of alkyl carbamates (subject to hydrolysis) is 1. The molecule has 0 unspecified atom stereocenters. The van der Waals surface area contributed by atoms with Gasteiger partial charge in [-0.1, -0.05) is 30.3 Å². The maximum absolute atomic E-state index is 13.8. The van der Waals surface area contributed by atoms with E-state index in [1.54, 1.807) is 30.3 Å². The highest BCUT2D eigenvalue weighted by Crippen LogP contribution is 2.29. The number of esters is 1. The van der Waals surface area contributed by atoms with Gasteiger partial charge in [0.15, 0.2) is 0 Å². The van der Waals surface area contributed by atoms with Crippen molar-refractivity contribution in [3.05, 3.63) is 65.0 Å². The van der Waals surface area contributed by atoms with Crippen LogP contribution in [0.4, 0.5) is 26.7 Å². The molecule has 6 nitrogen and oxygen atoms in total. The highest BCUT2D eigenvalue weighted by molar-refractivity contribution is 5.83. The fraction of sp³-hybridized carbons (Fsp3) is 0.300. The van der Waals surface area contributed by atoms with Crippen molar-refractivity contribution >= 4 is 12.1 Å². The van der Waals surface area contributed by atoms with Crippen LogP contribution >= 0.6 is 0 Å². The van der Waals surface area contributed by atoms with Crippen LogP contribution in [0.1, 0.15) is 24.8 Å². The summed E-state index contributed by atoms with van der Waals surface area (Å²) in [6.45, 7) is 0.132. The number of unbranched alkanes of at least 4 members (excludes halogenated alkanes) is 1. The van der Waals surface area contributed by atoms with Crippen LogP contribution < -0.4 is 15.8 Å². The first-order chi connectivity index (χ1) is 14.8. The van der Waals surface area contributed by atoms with Crippen molar-refractivity contribution in [2.75, 3.05) is 6.54 Å². The number of amides is 1. The summed E-state index contributed by atoms with van der Waals surface area (Å²) in [5.74, 6) is -14.7. The summed E-state index contributed by atoms with van der Waals surface area (Å²) in [6, 6.07) is 7.07. The summed E-state index contributed by atoms with van der Waals surface area (Å²) in [5, 5.41) is 2.16. The molecular weight excluding hydrogens is 427 g/mol. The molecule has 11 heteroatoms.